The summed E-state index contributed by atoms with van der Waals surface area (Å²) in [6.45, 7) is 9.67. The van der Waals surface area contributed by atoms with Crippen molar-refractivity contribution in [1.82, 2.24) is 24.2 Å². The van der Waals surface area contributed by atoms with Crippen LogP contribution in [0.25, 0.3) is 43.9 Å². The molecule has 6 rings (SSSR count). The molecule has 5 heterocycles. The zero-order chi connectivity index (χ0) is 32.0. The van der Waals surface area contributed by atoms with Crippen LogP contribution in [0.5, 0.6) is 5.75 Å². The molecular formula is C33H31F2N5O4S. The lowest BCUT2D eigenvalue weighted by atomic mass is 9.96. The highest BCUT2D eigenvalue weighted by molar-refractivity contribution is 7.18. The third-order valence-corrected chi connectivity index (χ3v) is 8.88. The number of carbonyl (C=O) groups is 1. The number of rotatable bonds is 8. The van der Waals surface area contributed by atoms with E-state index < -0.39 is 11.6 Å². The van der Waals surface area contributed by atoms with Gasteiger partial charge in [0.1, 0.15) is 35.4 Å². The van der Waals surface area contributed by atoms with Crippen molar-refractivity contribution in [3.05, 3.63) is 88.3 Å². The number of aliphatic hydroxyl groups excluding tert-OH is 1. The third-order valence-electron chi connectivity index (χ3n) is 7.95. The summed E-state index contributed by atoms with van der Waals surface area (Å²) in [4.78, 5) is 32.0. The SMILES string of the molecule is C=CC(=O)N1CCn2nc(-c3nc(-c4ccc(=O)n(C(C)C)c4)c4ccsc4c3-c3c(F)cc(F)cc3OCCO)cc2C1C. The fourth-order valence-electron chi connectivity index (χ4n) is 5.81. The van der Waals surface area contributed by atoms with E-state index in [0.717, 1.165) is 17.8 Å². The summed E-state index contributed by atoms with van der Waals surface area (Å²) in [5.74, 6) is -1.97. The monoisotopic (exact) mass is 631 g/mol. The Kier molecular flexibility index (Phi) is 8.10. The fourth-order valence-corrected chi connectivity index (χ4v) is 6.76. The molecular weight excluding hydrogens is 600 g/mol. The number of aliphatic hydroxyl groups is 1. The number of amides is 1. The predicted molar refractivity (Wildman–Crippen MR) is 169 cm³/mol. The fraction of sp³-hybridized carbons (Fsp3) is 0.273. The van der Waals surface area contributed by atoms with Crippen molar-refractivity contribution in [1.29, 1.82) is 0 Å². The Hall–Kier alpha value is -4.68. The molecule has 1 aliphatic rings. The summed E-state index contributed by atoms with van der Waals surface area (Å²) in [7, 11) is 0. The van der Waals surface area contributed by atoms with Crippen LogP contribution in [0.4, 0.5) is 8.78 Å². The van der Waals surface area contributed by atoms with E-state index in [1.165, 1.54) is 23.5 Å². The van der Waals surface area contributed by atoms with Crippen LogP contribution in [-0.4, -0.2) is 55.0 Å². The third kappa shape index (κ3) is 5.33. The zero-order valence-electron chi connectivity index (χ0n) is 25.0. The number of hydrogen-bond acceptors (Lipinski definition) is 7. The topological polar surface area (TPSA) is 102 Å². The van der Waals surface area contributed by atoms with E-state index in [1.54, 1.807) is 26.4 Å². The molecule has 4 aromatic heterocycles. The summed E-state index contributed by atoms with van der Waals surface area (Å²) in [5.41, 5.74) is 2.92. The minimum Gasteiger partial charge on any atom is -0.490 e. The minimum atomic E-state index is -0.859. The molecule has 5 aromatic rings. The zero-order valence-corrected chi connectivity index (χ0v) is 25.8. The average Bonchev–Trinajstić information content (AvgIpc) is 3.68. The van der Waals surface area contributed by atoms with Crippen molar-refractivity contribution in [2.24, 2.45) is 0 Å². The van der Waals surface area contributed by atoms with Crippen molar-refractivity contribution in [2.45, 2.75) is 39.4 Å². The van der Waals surface area contributed by atoms with Crippen LogP contribution in [0.15, 0.2) is 65.4 Å². The molecule has 0 saturated carbocycles. The van der Waals surface area contributed by atoms with E-state index >= 15 is 4.39 Å². The summed E-state index contributed by atoms with van der Waals surface area (Å²) in [6.07, 6.45) is 3.03. The van der Waals surface area contributed by atoms with E-state index in [2.05, 4.69) is 6.58 Å². The Morgan fingerprint density at radius 3 is 2.71 bits per heavy atom. The predicted octanol–water partition coefficient (Wildman–Crippen LogP) is 5.97. The first kappa shape index (κ1) is 30.4. The molecule has 1 amide bonds. The van der Waals surface area contributed by atoms with E-state index in [9.17, 15) is 19.1 Å². The van der Waals surface area contributed by atoms with Gasteiger partial charge in [0, 0.05) is 58.2 Å². The van der Waals surface area contributed by atoms with Gasteiger partial charge in [-0.05, 0) is 50.4 Å². The van der Waals surface area contributed by atoms with Crippen LogP contribution in [0.2, 0.25) is 0 Å². The van der Waals surface area contributed by atoms with Gasteiger partial charge in [-0.25, -0.2) is 13.8 Å². The van der Waals surface area contributed by atoms with Crippen molar-refractivity contribution in [2.75, 3.05) is 19.8 Å². The maximum absolute atomic E-state index is 15.9. The highest BCUT2D eigenvalue weighted by atomic mass is 32.1. The molecule has 1 aliphatic heterocycles. The molecule has 1 atom stereocenters. The number of carbonyl (C=O) groups excluding carboxylic acids is 1. The van der Waals surface area contributed by atoms with Gasteiger partial charge >= 0.3 is 0 Å². The number of nitrogens with zero attached hydrogens (tertiary/aromatic N) is 5. The largest absolute Gasteiger partial charge is 0.490 e. The second-order valence-corrected chi connectivity index (χ2v) is 11.9. The highest BCUT2D eigenvalue weighted by Crippen LogP contribution is 2.47. The quantitative estimate of drug-likeness (QED) is 0.212. The molecule has 1 N–H and O–H groups in total. The molecule has 45 heavy (non-hydrogen) atoms. The second-order valence-electron chi connectivity index (χ2n) is 11.0. The van der Waals surface area contributed by atoms with Gasteiger partial charge < -0.3 is 19.3 Å². The van der Waals surface area contributed by atoms with Crippen LogP contribution in [0, 0.1) is 11.6 Å². The maximum Gasteiger partial charge on any atom is 0.250 e. The van der Waals surface area contributed by atoms with Crippen molar-refractivity contribution in [3.63, 3.8) is 0 Å². The number of aromatic nitrogens is 4. The lowest BCUT2D eigenvalue weighted by Crippen LogP contribution is -2.40. The maximum atomic E-state index is 15.9. The molecule has 232 valence electrons. The van der Waals surface area contributed by atoms with Gasteiger partial charge in [-0.3, -0.25) is 14.3 Å². The number of ether oxygens (including phenoxy) is 1. The van der Waals surface area contributed by atoms with E-state index in [1.807, 2.05) is 38.3 Å². The molecule has 0 bridgehead atoms. The highest BCUT2D eigenvalue weighted by Gasteiger charge is 2.31. The van der Waals surface area contributed by atoms with Crippen LogP contribution in [0.3, 0.4) is 0 Å². The second kappa shape index (κ2) is 12.0. The van der Waals surface area contributed by atoms with Crippen LogP contribution in [-0.2, 0) is 11.3 Å². The van der Waals surface area contributed by atoms with Crippen molar-refractivity contribution >= 4 is 27.3 Å². The first-order valence-electron chi connectivity index (χ1n) is 14.5. The molecule has 0 aliphatic carbocycles. The number of hydrogen-bond donors (Lipinski definition) is 1. The number of halogens is 2. The lowest BCUT2D eigenvalue weighted by Gasteiger charge is -2.33. The average molecular weight is 632 g/mol. The Morgan fingerprint density at radius 1 is 1.18 bits per heavy atom. The smallest absolute Gasteiger partial charge is 0.250 e. The number of pyridine rings is 2. The van der Waals surface area contributed by atoms with Gasteiger partial charge in [0.25, 0.3) is 5.56 Å². The lowest BCUT2D eigenvalue weighted by molar-refractivity contribution is -0.129. The minimum absolute atomic E-state index is 0.0130. The molecule has 0 spiro atoms. The molecule has 0 saturated heterocycles. The van der Waals surface area contributed by atoms with Gasteiger partial charge in [-0.2, -0.15) is 5.10 Å². The number of benzene rings is 1. The Balaban J connectivity index is 1.67. The molecule has 9 nitrogen and oxygen atoms in total. The summed E-state index contributed by atoms with van der Waals surface area (Å²) < 4.78 is 40.2. The molecule has 0 fully saturated rings. The number of thiophene rings is 1. The van der Waals surface area contributed by atoms with Crippen LogP contribution in [0.1, 0.15) is 38.5 Å². The molecule has 12 heteroatoms. The standard InChI is InChI=1S/C33H31F2N5O4S/c1-5-27(42)38-9-10-40-25(19(38)4)16-24(37-40)32-30(29-23(35)14-21(34)15-26(29)44-12-11-41)33-22(8-13-45-33)31(36-32)20-6-7-28(43)39(17-20)18(2)3/h5-8,13-19,41H,1,9-12H2,2-4H3. The summed E-state index contributed by atoms with van der Waals surface area (Å²) in [6, 6.07) is 8.35. The Bertz CT molecular complexity index is 2010. The summed E-state index contributed by atoms with van der Waals surface area (Å²) in [5, 5.41) is 16.9. The van der Waals surface area contributed by atoms with Crippen molar-refractivity contribution < 1.29 is 23.4 Å². The summed E-state index contributed by atoms with van der Waals surface area (Å²) >= 11 is 1.36. The van der Waals surface area contributed by atoms with Gasteiger partial charge in [0.05, 0.1) is 36.1 Å². The van der Waals surface area contributed by atoms with Gasteiger partial charge in [0.15, 0.2) is 0 Å². The van der Waals surface area contributed by atoms with Gasteiger partial charge in [-0.1, -0.05) is 6.58 Å². The Morgan fingerprint density at radius 2 is 1.98 bits per heavy atom. The van der Waals surface area contributed by atoms with Gasteiger partial charge in [-0.15, -0.1) is 11.3 Å². The molecule has 1 aromatic carbocycles. The normalized spacial score (nSPS) is 14.6. The van der Waals surface area contributed by atoms with Crippen LogP contribution >= 0.6 is 11.3 Å². The van der Waals surface area contributed by atoms with E-state index in [0.29, 0.717) is 51.4 Å². The van der Waals surface area contributed by atoms with E-state index in [-0.39, 0.29) is 48.1 Å². The van der Waals surface area contributed by atoms with Crippen molar-refractivity contribution in [3.8, 4) is 39.5 Å². The molecule has 0 radical (unpaired) electrons. The first-order valence-corrected chi connectivity index (χ1v) is 15.4. The van der Waals surface area contributed by atoms with Gasteiger partial charge in [0.2, 0.25) is 5.91 Å². The Labute approximate surface area is 261 Å². The first-order chi connectivity index (χ1) is 21.6. The molecule has 1 unspecified atom stereocenters. The number of fused-ring (bicyclic) bond motifs is 2. The van der Waals surface area contributed by atoms with Crippen LogP contribution < -0.4 is 10.3 Å². The van der Waals surface area contributed by atoms with E-state index in [4.69, 9.17) is 14.8 Å².